The van der Waals surface area contributed by atoms with Crippen LogP contribution in [-0.4, -0.2) is 63.5 Å². The lowest BCUT2D eigenvalue weighted by atomic mass is 10.1. The Bertz CT molecular complexity index is 208. The fourth-order valence-electron chi connectivity index (χ4n) is 2.58. The van der Waals surface area contributed by atoms with Gasteiger partial charge in [0.1, 0.15) is 0 Å². The van der Waals surface area contributed by atoms with Crippen LogP contribution in [0, 0.1) is 0 Å². The van der Waals surface area contributed by atoms with Gasteiger partial charge in [-0.3, -0.25) is 0 Å². The maximum atomic E-state index is 5.70. The predicted molar refractivity (Wildman–Crippen MR) is 68.3 cm³/mol. The number of ether oxygens (including phenoxy) is 2. The van der Waals surface area contributed by atoms with Gasteiger partial charge >= 0.3 is 0 Å². The second kappa shape index (κ2) is 7.31. The summed E-state index contributed by atoms with van der Waals surface area (Å²) in [6.07, 6.45) is 5.84. The van der Waals surface area contributed by atoms with E-state index in [1.807, 2.05) is 0 Å². The van der Waals surface area contributed by atoms with Gasteiger partial charge in [0.05, 0.1) is 18.8 Å². The third-order valence-corrected chi connectivity index (χ3v) is 3.62. The monoisotopic (exact) mass is 242 g/mol. The number of hydrogen-bond donors (Lipinski definition) is 1. The van der Waals surface area contributed by atoms with Crippen LogP contribution < -0.4 is 5.32 Å². The van der Waals surface area contributed by atoms with E-state index in [4.69, 9.17) is 9.47 Å². The van der Waals surface area contributed by atoms with Crippen molar-refractivity contribution < 1.29 is 9.47 Å². The molecule has 2 saturated heterocycles. The summed E-state index contributed by atoms with van der Waals surface area (Å²) in [7, 11) is 2.16. The van der Waals surface area contributed by atoms with Gasteiger partial charge in [-0.1, -0.05) is 0 Å². The van der Waals surface area contributed by atoms with E-state index in [2.05, 4.69) is 17.3 Å². The lowest BCUT2D eigenvalue weighted by Gasteiger charge is -2.30. The molecule has 0 bridgehead atoms. The smallest absolute Gasteiger partial charge is 0.0826 e. The Kier molecular flexibility index (Phi) is 5.71. The van der Waals surface area contributed by atoms with Gasteiger partial charge in [-0.25, -0.2) is 0 Å². The summed E-state index contributed by atoms with van der Waals surface area (Å²) in [4.78, 5) is 2.34. The Morgan fingerprint density at radius 3 is 2.88 bits per heavy atom. The van der Waals surface area contributed by atoms with Gasteiger partial charge in [0.2, 0.25) is 0 Å². The zero-order chi connectivity index (χ0) is 11.9. The Morgan fingerprint density at radius 1 is 1.24 bits per heavy atom. The summed E-state index contributed by atoms with van der Waals surface area (Å²) < 4.78 is 11.3. The number of nitrogens with zero attached hydrogens (tertiary/aromatic N) is 1. The molecule has 4 nitrogen and oxygen atoms in total. The highest BCUT2D eigenvalue weighted by atomic mass is 16.5. The summed E-state index contributed by atoms with van der Waals surface area (Å²) in [6.45, 7) is 6.03. The topological polar surface area (TPSA) is 33.7 Å². The summed E-state index contributed by atoms with van der Waals surface area (Å²) in [5.74, 6) is 0. The van der Waals surface area contributed by atoms with Crippen molar-refractivity contribution in [2.45, 2.75) is 37.9 Å². The number of morpholine rings is 1. The molecule has 1 N–H and O–H groups in total. The Morgan fingerprint density at radius 2 is 2.12 bits per heavy atom. The predicted octanol–water partition coefficient (Wildman–Crippen LogP) is 0.866. The molecule has 0 spiro atoms. The van der Waals surface area contributed by atoms with E-state index in [0.717, 1.165) is 39.4 Å². The van der Waals surface area contributed by atoms with Gasteiger partial charge in [-0.15, -0.1) is 0 Å². The van der Waals surface area contributed by atoms with Gasteiger partial charge in [0.25, 0.3) is 0 Å². The van der Waals surface area contributed by atoms with E-state index in [9.17, 15) is 0 Å². The van der Waals surface area contributed by atoms with Crippen molar-refractivity contribution in [2.24, 2.45) is 0 Å². The molecule has 2 atom stereocenters. The van der Waals surface area contributed by atoms with Gasteiger partial charge < -0.3 is 19.7 Å². The highest BCUT2D eigenvalue weighted by molar-refractivity contribution is 4.71. The number of nitrogens with one attached hydrogen (secondary N) is 1. The van der Waals surface area contributed by atoms with E-state index in [0.29, 0.717) is 12.2 Å². The summed E-state index contributed by atoms with van der Waals surface area (Å²) in [5, 5.41) is 3.49. The van der Waals surface area contributed by atoms with Crippen molar-refractivity contribution in [3.05, 3.63) is 0 Å². The Hall–Kier alpha value is -0.160. The average molecular weight is 242 g/mol. The van der Waals surface area contributed by atoms with Crippen molar-refractivity contribution in [1.82, 2.24) is 10.2 Å². The molecule has 17 heavy (non-hydrogen) atoms. The zero-order valence-electron chi connectivity index (χ0n) is 11.0. The largest absolute Gasteiger partial charge is 0.378 e. The quantitative estimate of drug-likeness (QED) is 0.701. The van der Waals surface area contributed by atoms with Gasteiger partial charge in [-0.05, 0) is 39.3 Å². The maximum absolute atomic E-state index is 5.70. The van der Waals surface area contributed by atoms with Crippen molar-refractivity contribution in [2.75, 3.05) is 46.4 Å². The molecule has 0 saturated carbocycles. The molecule has 0 aromatic rings. The summed E-state index contributed by atoms with van der Waals surface area (Å²) >= 11 is 0. The van der Waals surface area contributed by atoms with Crippen LogP contribution in [-0.2, 0) is 9.47 Å². The third-order valence-electron chi connectivity index (χ3n) is 3.62. The Balaban J connectivity index is 1.45. The molecule has 2 unspecified atom stereocenters. The highest BCUT2D eigenvalue weighted by Gasteiger charge is 2.17. The first-order chi connectivity index (χ1) is 8.34. The molecule has 0 aliphatic carbocycles. The molecular weight excluding hydrogens is 216 g/mol. The third kappa shape index (κ3) is 4.92. The van der Waals surface area contributed by atoms with Crippen LogP contribution >= 0.6 is 0 Å². The standard InChI is InChI=1S/C13H26N2O2/c1-15-7-9-17-13(11-15)10-14-6-2-4-12-5-3-8-16-12/h12-14H,2-11H2,1H3. The normalized spacial score (nSPS) is 30.9. The first kappa shape index (κ1) is 13.3. The molecule has 0 radical (unpaired) electrons. The molecule has 2 heterocycles. The van der Waals surface area contributed by atoms with E-state index in [-0.39, 0.29) is 0 Å². The van der Waals surface area contributed by atoms with E-state index < -0.39 is 0 Å². The molecular formula is C13H26N2O2. The van der Waals surface area contributed by atoms with Crippen LogP contribution in [0.3, 0.4) is 0 Å². The number of likely N-dealkylation sites (N-methyl/N-ethyl adjacent to an activating group) is 1. The number of rotatable bonds is 6. The fraction of sp³-hybridized carbons (Fsp3) is 1.00. The molecule has 2 fully saturated rings. The first-order valence-electron chi connectivity index (χ1n) is 6.97. The van der Waals surface area contributed by atoms with Crippen LogP contribution in [0.4, 0.5) is 0 Å². The van der Waals surface area contributed by atoms with Crippen LogP contribution in [0.5, 0.6) is 0 Å². The summed E-state index contributed by atoms with van der Waals surface area (Å²) in [5.41, 5.74) is 0. The van der Waals surface area contributed by atoms with Crippen LogP contribution in [0.1, 0.15) is 25.7 Å². The van der Waals surface area contributed by atoms with Crippen LogP contribution in [0.2, 0.25) is 0 Å². The van der Waals surface area contributed by atoms with Gasteiger partial charge in [0, 0.05) is 26.2 Å². The molecule has 4 heteroatoms. The molecule has 0 amide bonds. The first-order valence-corrected chi connectivity index (χ1v) is 6.97. The molecule has 2 aliphatic heterocycles. The fourth-order valence-corrected chi connectivity index (χ4v) is 2.58. The van der Waals surface area contributed by atoms with Gasteiger partial charge in [-0.2, -0.15) is 0 Å². The van der Waals surface area contributed by atoms with Crippen molar-refractivity contribution >= 4 is 0 Å². The number of hydrogen-bond acceptors (Lipinski definition) is 4. The lowest BCUT2D eigenvalue weighted by Crippen LogP contribution is -2.45. The molecule has 0 aromatic carbocycles. The second-order valence-electron chi connectivity index (χ2n) is 5.24. The average Bonchev–Trinajstić information content (AvgIpc) is 2.82. The van der Waals surface area contributed by atoms with Crippen LogP contribution in [0.15, 0.2) is 0 Å². The van der Waals surface area contributed by atoms with E-state index >= 15 is 0 Å². The minimum Gasteiger partial charge on any atom is -0.378 e. The molecule has 2 aliphatic rings. The van der Waals surface area contributed by atoms with E-state index in [1.54, 1.807) is 0 Å². The zero-order valence-corrected chi connectivity index (χ0v) is 11.0. The molecule has 100 valence electrons. The summed E-state index contributed by atoms with van der Waals surface area (Å²) in [6, 6.07) is 0. The SMILES string of the molecule is CN1CCOC(CNCCCC2CCCO2)C1. The Labute approximate surface area is 105 Å². The lowest BCUT2D eigenvalue weighted by molar-refractivity contribution is -0.0181. The molecule has 0 aromatic heterocycles. The second-order valence-corrected chi connectivity index (χ2v) is 5.24. The van der Waals surface area contributed by atoms with Gasteiger partial charge in [0.15, 0.2) is 0 Å². The minimum atomic E-state index is 0.372. The van der Waals surface area contributed by atoms with Crippen molar-refractivity contribution in [3.8, 4) is 0 Å². The minimum absolute atomic E-state index is 0.372. The van der Waals surface area contributed by atoms with Crippen LogP contribution in [0.25, 0.3) is 0 Å². The van der Waals surface area contributed by atoms with Crippen molar-refractivity contribution in [1.29, 1.82) is 0 Å². The maximum Gasteiger partial charge on any atom is 0.0826 e. The van der Waals surface area contributed by atoms with E-state index in [1.165, 1.54) is 25.7 Å². The molecule has 2 rings (SSSR count). The van der Waals surface area contributed by atoms with Crippen molar-refractivity contribution in [3.63, 3.8) is 0 Å². The highest BCUT2D eigenvalue weighted by Crippen LogP contribution is 2.16.